The van der Waals surface area contributed by atoms with Crippen molar-refractivity contribution in [3.63, 3.8) is 0 Å². The number of amides is 3. The maximum Gasteiger partial charge on any atom is 0.322 e. The zero-order valence-corrected chi connectivity index (χ0v) is 19.1. The number of phenols is 1. The molecule has 1 aromatic carbocycles. The van der Waals surface area contributed by atoms with E-state index in [-0.39, 0.29) is 24.5 Å². The van der Waals surface area contributed by atoms with Crippen LogP contribution in [0.1, 0.15) is 38.7 Å². The molecule has 0 spiro atoms. The van der Waals surface area contributed by atoms with E-state index in [1.807, 2.05) is 6.92 Å². The molecule has 188 valence electrons. The first-order valence-corrected chi connectivity index (χ1v) is 10.8. The van der Waals surface area contributed by atoms with Crippen molar-refractivity contribution in [3.05, 3.63) is 29.8 Å². The first-order chi connectivity index (χ1) is 15.9. The lowest BCUT2D eigenvalue weighted by atomic mass is 9.98. The van der Waals surface area contributed by atoms with Crippen molar-refractivity contribution in [1.29, 1.82) is 0 Å². The average molecular weight is 481 g/mol. The third kappa shape index (κ3) is 9.86. The van der Waals surface area contributed by atoms with Crippen LogP contribution in [0.5, 0.6) is 5.75 Å². The molecule has 1 rings (SSSR count). The van der Waals surface area contributed by atoms with Crippen molar-refractivity contribution < 1.29 is 39.3 Å². The number of aromatic hydroxyl groups is 1. The zero-order valence-electron chi connectivity index (χ0n) is 19.1. The Morgan fingerprint density at radius 2 is 1.50 bits per heavy atom. The van der Waals surface area contributed by atoms with Gasteiger partial charge in [0.15, 0.2) is 0 Å². The van der Waals surface area contributed by atoms with Gasteiger partial charge in [-0.15, -0.1) is 0 Å². The highest BCUT2D eigenvalue weighted by molar-refractivity contribution is 5.94. The Balaban J connectivity index is 3.06. The first-order valence-electron chi connectivity index (χ1n) is 10.8. The Kier molecular flexibility index (Phi) is 11.5. The number of carboxylic acids is 2. The minimum absolute atomic E-state index is 0.00578. The summed E-state index contributed by atoms with van der Waals surface area (Å²) in [5.41, 5.74) is 6.46. The molecular formula is C22H32N4O8. The molecule has 0 aliphatic rings. The number of carbonyl (C=O) groups is 5. The van der Waals surface area contributed by atoms with E-state index in [1.54, 1.807) is 6.92 Å². The number of hydrogen-bond acceptors (Lipinski definition) is 7. The number of carbonyl (C=O) groups excluding carboxylic acids is 3. The molecule has 8 N–H and O–H groups in total. The number of phenolic OH excluding ortho intramolecular Hbond substituents is 1. The molecule has 0 radical (unpaired) electrons. The van der Waals surface area contributed by atoms with E-state index in [1.165, 1.54) is 24.3 Å². The van der Waals surface area contributed by atoms with E-state index in [2.05, 4.69) is 16.0 Å². The van der Waals surface area contributed by atoms with Gasteiger partial charge in [-0.1, -0.05) is 32.4 Å². The molecule has 0 aliphatic heterocycles. The summed E-state index contributed by atoms with van der Waals surface area (Å²) in [6, 6.07) is 2.38. The number of carboxylic acid groups (broad SMARTS) is 2. The van der Waals surface area contributed by atoms with Gasteiger partial charge < -0.3 is 37.0 Å². The Morgan fingerprint density at radius 3 is 2.03 bits per heavy atom. The van der Waals surface area contributed by atoms with Crippen LogP contribution >= 0.6 is 0 Å². The SMILES string of the molecule is CCC(C)C(N)C(=O)NC(CCC(=O)O)C(=O)NC(Cc1ccc(O)cc1)C(=O)NCC(=O)O. The molecular weight excluding hydrogens is 448 g/mol. The van der Waals surface area contributed by atoms with Crippen LogP contribution in [0.25, 0.3) is 0 Å². The van der Waals surface area contributed by atoms with Crippen molar-refractivity contribution in [2.45, 2.75) is 57.7 Å². The molecule has 0 fully saturated rings. The summed E-state index contributed by atoms with van der Waals surface area (Å²) in [5, 5.41) is 34.4. The molecule has 0 heterocycles. The third-order valence-electron chi connectivity index (χ3n) is 5.26. The molecule has 4 unspecified atom stereocenters. The molecule has 0 aromatic heterocycles. The van der Waals surface area contributed by atoms with Gasteiger partial charge in [0, 0.05) is 12.8 Å². The summed E-state index contributed by atoms with van der Waals surface area (Å²) in [4.78, 5) is 59.9. The minimum atomic E-state index is -1.28. The molecule has 4 atom stereocenters. The Hall–Kier alpha value is -3.67. The monoisotopic (exact) mass is 480 g/mol. The number of benzene rings is 1. The van der Waals surface area contributed by atoms with Crippen molar-refractivity contribution in [1.82, 2.24) is 16.0 Å². The quantitative estimate of drug-likeness (QED) is 0.180. The molecule has 0 bridgehead atoms. The van der Waals surface area contributed by atoms with Crippen LogP contribution in [0.3, 0.4) is 0 Å². The third-order valence-corrected chi connectivity index (χ3v) is 5.26. The average Bonchev–Trinajstić information content (AvgIpc) is 2.79. The Bertz CT molecular complexity index is 874. The minimum Gasteiger partial charge on any atom is -0.508 e. The van der Waals surface area contributed by atoms with Crippen LogP contribution in [-0.4, -0.2) is 69.7 Å². The summed E-state index contributed by atoms with van der Waals surface area (Å²) in [5.74, 6) is -4.90. The van der Waals surface area contributed by atoms with Crippen LogP contribution in [0.4, 0.5) is 0 Å². The van der Waals surface area contributed by atoms with E-state index in [4.69, 9.17) is 15.9 Å². The second-order valence-corrected chi connectivity index (χ2v) is 7.95. The van der Waals surface area contributed by atoms with Gasteiger partial charge >= 0.3 is 11.9 Å². The fourth-order valence-electron chi connectivity index (χ4n) is 2.95. The van der Waals surface area contributed by atoms with Crippen LogP contribution < -0.4 is 21.7 Å². The molecule has 12 heteroatoms. The summed E-state index contributed by atoms with van der Waals surface area (Å²) >= 11 is 0. The fraction of sp³-hybridized carbons (Fsp3) is 0.500. The van der Waals surface area contributed by atoms with Gasteiger partial charge in [0.2, 0.25) is 17.7 Å². The lowest BCUT2D eigenvalue weighted by molar-refractivity contribution is -0.138. The van der Waals surface area contributed by atoms with Gasteiger partial charge in [-0.25, -0.2) is 0 Å². The molecule has 0 saturated heterocycles. The molecule has 12 nitrogen and oxygen atoms in total. The van der Waals surface area contributed by atoms with E-state index in [0.717, 1.165) is 0 Å². The van der Waals surface area contributed by atoms with Gasteiger partial charge in [-0.2, -0.15) is 0 Å². The van der Waals surface area contributed by atoms with Crippen molar-refractivity contribution in [2.24, 2.45) is 11.7 Å². The summed E-state index contributed by atoms with van der Waals surface area (Å²) in [6.45, 7) is 2.93. The summed E-state index contributed by atoms with van der Waals surface area (Å²) < 4.78 is 0. The lowest BCUT2D eigenvalue weighted by Gasteiger charge is -2.25. The predicted molar refractivity (Wildman–Crippen MR) is 121 cm³/mol. The van der Waals surface area contributed by atoms with Gasteiger partial charge in [0.25, 0.3) is 0 Å². The Morgan fingerprint density at radius 1 is 0.912 bits per heavy atom. The first kappa shape index (κ1) is 28.4. The van der Waals surface area contributed by atoms with Crippen molar-refractivity contribution >= 4 is 29.7 Å². The predicted octanol–water partition coefficient (Wildman–Crippen LogP) is -0.657. The highest BCUT2D eigenvalue weighted by Gasteiger charge is 2.30. The van der Waals surface area contributed by atoms with Crippen LogP contribution in [0.15, 0.2) is 24.3 Å². The van der Waals surface area contributed by atoms with E-state index < -0.39 is 60.8 Å². The van der Waals surface area contributed by atoms with E-state index in [9.17, 15) is 29.1 Å². The number of nitrogens with one attached hydrogen (secondary N) is 3. The molecule has 1 aromatic rings. The zero-order chi connectivity index (χ0) is 25.8. The van der Waals surface area contributed by atoms with Gasteiger partial charge in [0.1, 0.15) is 24.4 Å². The lowest BCUT2D eigenvalue weighted by Crippen LogP contribution is -2.57. The number of nitrogens with two attached hydrogens (primary N) is 1. The largest absolute Gasteiger partial charge is 0.508 e. The van der Waals surface area contributed by atoms with Crippen LogP contribution in [0, 0.1) is 5.92 Å². The molecule has 0 aliphatic carbocycles. The maximum absolute atomic E-state index is 13.0. The molecule has 34 heavy (non-hydrogen) atoms. The maximum atomic E-state index is 13.0. The highest BCUT2D eigenvalue weighted by Crippen LogP contribution is 2.12. The number of hydrogen-bond donors (Lipinski definition) is 7. The van der Waals surface area contributed by atoms with Crippen molar-refractivity contribution in [2.75, 3.05) is 6.54 Å². The smallest absolute Gasteiger partial charge is 0.322 e. The standard InChI is InChI=1S/C22H32N4O8/c1-3-12(2)19(23)22(34)25-15(8-9-17(28)29)21(33)26-16(20(32)24-11-18(30)31)10-13-4-6-14(27)7-5-13/h4-7,12,15-16,19,27H,3,8-11,23H2,1-2H3,(H,24,32)(H,25,34)(H,26,33)(H,28,29)(H,30,31). The van der Waals surface area contributed by atoms with Crippen LogP contribution in [0.2, 0.25) is 0 Å². The van der Waals surface area contributed by atoms with Gasteiger partial charge in [0.05, 0.1) is 6.04 Å². The van der Waals surface area contributed by atoms with Crippen LogP contribution in [-0.2, 0) is 30.4 Å². The highest BCUT2D eigenvalue weighted by atomic mass is 16.4. The topological polar surface area (TPSA) is 208 Å². The van der Waals surface area contributed by atoms with Gasteiger partial charge in [-0.05, 0) is 30.0 Å². The normalized spacial score (nSPS) is 14.2. The Labute approximate surface area is 196 Å². The van der Waals surface area contributed by atoms with Crippen molar-refractivity contribution in [3.8, 4) is 5.75 Å². The molecule has 0 saturated carbocycles. The van der Waals surface area contributed by atoms with E-state index in [0.29, 0.717) is 12.0 Å². The second kappa shape index (κ2) is 13.8. The van der Waals surface area contributed by atoms with Gasteiger partial charge in [-0.3, -0.25) is 24.0 Å². The number of rotatable bonds is 14. The second-order valence-electron chi connectivity index (χ2n) is 7.95. The summed E-state index contributed by atoms with van der Waals surface area (Å²) in [7, 11) is 0. The molecule has 3 amide bonds. The summed E-state index contributed by atoms with van der Waals surface area (Å²) in [6.07, 6.45) is -0.115. The fourth-order valence-corrected chi connectivity index (χ4v) is 2.95. The number of aliphatic carboxylic acids is 2. The van der Waals surface area contributed by atoms with E-state index >= 15 is 0 Å².